The van der Waals surface area contributed by atoms with E-state index in [0.717, 1.165) is 25.3 Å². The molecule has 0 bridgehead atoms. The quantitative estimate of drug-likeness (QED) is 0.773. The van der Waals surface area contributed by atoms with E-state index < -0.39 is 0 Å². The van der Waals surface area contributed by atoms with Crippen LogP contribution < -0.4 is 5.32 Å². The van der Waals surface area contributed by atoms with Gasteiger partial charge in [0.15, 0.2) is 0 Å². The van der Waals surface area contributed by atoms with Crippen LogP contribution in [0.5, 0.6) is 0 Å². The SMILES string of the molecule is CCn1cnnc1CCNC(C)C(C)C. The third kappa shape index (κ3) is 3.63. The molecule has 1 aromatic heterocycles. The van der Waals surface area contributed by atoms with Crippen molar-refractivity contribution in [3.63, 3.8) is 0 Å². The van der Waals surface area contributed by atoms with Gasteiger partial charge in [0.2, 0.25) is 0 Å². The number of hydrogen-bond donors (Lipinski definition) is 1. The van der Waals surface area contributed by atoms with Crippen LogP contribution in [0.15, 0.2) is 6.33 Å². The lowest BCUT2D eigenvalue weighted by Crippen LogP contribution is -2.32. The highest BCUT2D eigenvalue weighted by Crippen LogP contribution is 2.00. The molecule has 0 fully saturated rings. The third-order valence-corrected chi connectivity index (χ3v) is 2.85. The first-order chi connectivity index (χ1) is 7.15. The molecular formula is C11H22N4. The van der Waals surface area contributed by atoms with E-state index in [1.807, 2.05) is 0 Å². The summed E-state index contributed by atoms with van der Waals surface area (Å²) in [6, 6.07) is 0.558. The summed E-state index contributed by atoms with van der Waals surface area (Å²) < 4.78 is 2.09. The average molecular weight is 210 g/mol. The van der Waals surface area contributed by atoms with E-state index >= 15 is 0 Å². The van der Waals surface area contributed by atoms with E-state index in [2.05, 4.69) is 47.8 Å². The number of rotatable bonds is 6. The average Bonchev–Trinajstić information content (AvgIpc) is 2.65. The van der Waals surface area contributed by atoms with Crippen molar-refractivity contribution in [1.82, 2.24) is 20.1 Å². The molecule has 15 heavy (non-hydrogen) atoms. The summed E-state index contributed by atoms with van der Waals surface area (Å²) >= 11 is 0. The number of nitrogens with one attached hydrogen (secondary N) is 1. The minimum atomic E-state index is 0.558. The van der Waals surface area contributed by atoms with E-state index in [1.165, 1.54) is 0 Å². The fourth-order valence-electron chi connectivity index (χ4n) is 1.38. The van der Waals surface area contributed by atoms with E-state index in [0.29, 0.717) is 12.0 Å². The summed E-state index contributed by atoms with van der Waals surface area (Å²) in [4.78, 5) is 0. The van der Waals surface area contributed by atoms with Gasteiger partial charge in [-0.1, -0.05) is 13.8 Å². The minimum absolute atomic E-state index is 0.558. The molecule has 86 valence electrons. The van der Waals surface area contributed by atoms with Crippen molar-refractivity contribution in [2.75, 3.05) is 6.54 Å². The molecule has 1 rings (SSSR count). The molecule has 0 aliphatic heterocycles. The standard InChI is InChI=1S/C11H22N4/c1-5-15-8-13-14-11(15)6-7-12-10(4)9(2)3/h8-10,12H,5-7H2,1-4H3. The second kappa shape index (κ2) is 5.85. The Hall–Kier alpha value is -0.900. The molecule has 1 aromatic rings. The summed E-state index contributed by atoms with van der Waals surface area (Å²) in [6.07, 6.45) is 2.74. The van der Waals surface area contributed by atoms with Crippen molar-refractivity contribution in [2.24, 2.45) is 5.92 Å². The van der Waals surface area contributed by atoms with Gasteiger partial charge in [-0.25, -0.2) is 0 Å². The van der Waals surface area contributed by atoms with E-state index in [9.17, 15) is 0 Å². The zero-order chi connectivity index (χ0) is 11.3. The second-order valence-corrected chi connectivity index (χ2v) is 4.27. The van der Waals surface area contributed by atoms with Crippen LogP contribution in [0.1, 0.15) is 33.5 Å². The first-order valence-corrected chi connectivity index (χ1v) is 5.75. The highest BCUT2D eigenvalue weighted by molar-refractivity contribution is 4.86. The summed E-state index contributed by atoms with van der Waals surface area (Å²) in [5, 5.41) is 11.5. The van der Waals surface area contributed by atoms with Crippen molar-refractivity contribution in [3.05, 3.63) is 12.2 Å². The molecule has 0 aliphatic rings. The van der Waals surface area contributed by atoms with Crippen LogP contribution in [-0.2, 0) is 13.0 Å². The number of nitrogens with zero attached hydrogens (tertiary/aromatic N) is 3. The summed E-state index contributed by atoms with van der Waals surface area (Å²) in [5.74, 6) is 1.75. The van der Waals surface area contributed by atoms with Gasteiger partial charge in [-0.05, 0) is 19.8 Å². The largest absolute Gasteiger partial charge is 0.318 e. The third-order valence-electron chi connectivity index (χ3n) is 2.85. The smallest absolute Gasteiger partial charge is 0.134 e. The lowest BCUT2D eigenvalue weighted by molar-refractivity contribution is 0.427. The first kappa shape index (κ1) is 12.2. The van der Waals surface area contributed by atoms with Crippen molar-refractivity contribution in [2.45, 2.75) is 46.7 Å². The molecule has 0 saturated carbocycles. The van der Waals surface area contributed by atoms with Crippen LogP contribution in [0.4, 0.5) is 0 Å². The predicted molar refractivity (Wildman–Crippen MR) is 61.7 cm³/mol. The summed E-state index contributed by atoms with van der Waals surface area (Å²) in [7, 11) is 0. The Bertz CT molecular complexity index is 280. The monoisotopic (exact) mass is 210 g/mol. The molecule has 0 saturated heterocycles. The molecule has 4 heteroatoms. The normalized spacial score (nSPS) is 13.4. The fourth-order valence-corrected chi connectivity index (χ4v) is 1.38. The van der Waals surface area contributed by atoms with Gasteiger partial charge in [0.05, 0.1) is 0 Å². The second-order valence-electron chi connectivity index (χ2n) is 4.27. The van der Waals surface area contributed by atoms with Crippen LogP contribution >= 0.6 is 0 Å². The molecule has 1 heterocycles. The van der Waals surface area contributed by atoms with Crippen molar-refractivity contribution in [1.29, 1.82) is 0 Å². The Morgan fingerprint density at radius 2 is 2.13 bits per heavy atom. The number of hydrogen-bond acceptors (Lipinski definition) is 3. The topological polar surface area (TPSA) is 42.7 Å². The van der Waals surface area contributed by atoms with Crippen LogP contribution in [0.3, 0.4) is 0 Å². The summed E-state index contributed by atoms with van der Waals surface area (Å²) in [6.45, 7) is 10.7. The maximum atomic E-state index is 4.10. The fraction of sp³-hybridized carbons (Fsp3) is 0.818. The van der Waals surface area contributed by atoms with Gasteiger partial charge >= 0.3 is 0 Å². The molecule has 0 spiro atoms. The van der Waals surface area contributed by atoms with Crippen LogP contribution in [0, 0.1) is 5.92 Å². The van der Waals surface area contributed by atoms with E-state index in [-0.39, 0.29) is 0 Å². The Morgan fingerprint density at radius 3 is 2.73 bits per heavy atom. The van der Waals surface area contributed by atoms with E-state index in [1.54, 1.807) is 6.33 Å². The first-order valence-electron chi connectivity index (χ1n) is 5.75. The van der Waals surface area contributed by atoms with Crippen LogP contribution in [0.25, 0.3) is 0 Å². The Morgan fingerprint density at radius 1 is 1.40 bits per heavy atom. The van der Waals surface area contributed by atoms with Gasteiger partial charge < -0.3 is 9.88 Å². The Balaban J connectivity index is 2.31. The molecule has 0 radical (unpaired) electrons. The predicted octanol–water partition coefficient (Wildman–Crippen LogP) is 1.47. The molecule has 1 unspecified atom stereocenters. The number of aromatic nitrogens is 3. The van der Waals surface area contributed by atoms with Gasteiger partial charge in [-0.15, -0.1) is 10.2 Å². The number of aryl methyl sites for hydroxylation is 1. The van der Waals surface area contributed by atoms with Gasteiger partial charge in [0.1, 0.15) is 12.2 Å². The van der Waals surface area contributed by atoms with Gasteiger partial charge in [-0.2, -0.15) is 0 Å². The zero-order valence-electron chi connectivity index (χ0n) is 10.2. The van der Waals surface area contributed by atoms with E-state index in [4.69, 9.17) is 0 Å². The molecule has 0 amide bonds. The maximum absolute atomic E-state index is 4.10. The summed E-state index contributed by atoms with van der Waals surface area (Å²) in [5.41, 5.74) is 0. The van der Waals surface area contributed by atoms with Crippen LogP contribution in [0.2, 0.25) is 0 Å². The lowest BCUT2D eigenvalue weighted by atomic mass is 10.1. The van der Waals surface area contributed by atoms with Crippen molar-refractivity contribution in [3.8, 4) is 0 Å². The molecular weight excluding hydrogens is 188 g/mol. The van der Waals surface area contributed by atoms with Gasteiger partial charge in [-0.3, -0.25) is 0 Å². The Kier molecular flexibility index (Phi) is 4.75. The molecule has 4 nitrogen and oxygen atoms in total. The minimum Gasteiger partial charge on any atom is -0.318 e. The zero-order valence-corrected chi connectivity index (χ0v) is 10.2. The van der Waals surface area contributed by atoms with Crippen molar-refractivity contribution < 1.29 is 0 Å². The van der Waals surface area contributed by atoms with Gasteiger partial charge in [0.25, 0.3) is 0 Å². The van der Waals surface area contributed by atoms with Crippen molar-refractivity contribution >= 4 is 0 Å². The highest BCUT2D eigenvalue weighted by Gasteiger charge is 2.07. The maximum Gasteiger partial charge on any atom is 0.134 e. The Labute approximate surface area is 92.1 Å². The van der Waals surface area contributed by atoms with Crippen LogP contribution in [-0.4, -0.2) is 27.4 Å². The highest BCUT2D eigenvalue weighted by atomic mass is 15.3. The lowest BCUT2D eigenvalue weighted by Gasteiger charge is -2.17. The molecule has 1 N–H and O–H groups in total. The molecule has 0 aromatic carbocycles. The molecule has 0 aliphatic carbocycles. The van der Waals surface area contributed by atoms with Gasteiger partial charge in [0, 0.05) is 25.6 Å². The molecule has 1 atom stereocenters.